The Morgan fingerprint density at radius 3 is 2.36 bits per heavy atom. The molecule has 3 aromatic rings. The second-order valence-electron chi connectivity index (χ2n) is 7.48. The Morgan fingerprint density at radius 2 is 1.70 bits per heavy atom. The van der Waals surface area contributed by atoms with Crippen LogP contribution in [0.3, 0.4) is 0 Å². The molecule has 0 aliphatic carbocycles. The van der Waals surface area contributed by atoms with Crippen LogP contribution in [0.4, 0.5) is 0 Å². The maximum Gasteiger partial charge on any atom is 0.296 e. The van der Waals surface area contributed by atoms with Crippen LogP contribution in [0.15, 0.2) is 76.9 Å². The molecule has 0 bridgehead atoms. The van der Waals surface area contributed by atoms with Crippen LogP contribution in [0.1, 0.15) is 36.8 Å². The average molecular weight is 447 g/mol. The van der Waals surface area contributed by atoms with E-state index in [9.17, 15) is 14.7 Å². The van der Waals surface area contributed by atoms with Gasteiger partial charge in [-0.3, -0.25) is 9.59 Å². The number of hydrogen-bond acceptors (Lipinski definition) is 6. The van der Waals surface area contributed by atoms with Gasteiger partial charge < -0.3 is 23.9 Å². The van der Waals surface area contributed by atoms with Gasteiger partial charge in [-0.15, -0.1) is 0 Å². The number of ether oxygens (including phenoxy) is 2. The second-order valence-corrected chi connectivity index (χ2v) is 7.48. The van der Waals surface area contributed by atoms with E-state index in [1.807, 2.05) is 38.1 Å². The maximum absolute atomic E-state index is 13.1. The van der Waals surface area contributed by atoms with Gasteiger partial charge in [0.2, 0.25) is 0 Å². The number of benzene rings is 2. The maximum atomic E-state index is 13.1. The zero-order valence-electron chi connectivity index (χ0n) is 18.5. The van der Waals surface area contributed by atoms with Crippen LogP contribution in [0.2, 0.25) is 0 Å². The van der Waals surface area contributed by atoms with E-state index in [0.717, 1.165) is 11.3 Å². The van der Waals surface area contributed by atoms with Crippen molar-refractivity contribution in [3.8, 4) is 11.5 Å². The largest absolute Gasteiger partial charge is 0.507 e. The molecule has 33 heavy (non-hydrogen) atoms. The summed E-state index contributed by atoms with van der Waals surface area (Å²) >= 11 is 0. The number of amides is 1. The first-order chi connectivity index (χ1) is 16.0. The van der Waals surface area contributed by atoms with Gasteiger partial charge in [0.05, 0.1) is 25.1 Å². The molecule has 7 nitrogen and oxygen atoms in total. The van der Waals surface area contributed by atoms with Crippen LogP contribution in [0.25, 0.3) is 5.76 Å². The van der Waals surface area contributed by atoms with Crippen LogP contribution in [0, 0.1) is 0 Å². The molecule has 2 aromatic carbocycles. The van der Waals surface area contributed by atoms with Gasteiger partial charge >= 0.3 is 0 Å². The number of carbonyl (C=O) groups excluding carboxylic acids is 2. The highest BCUT2D eigenvalue weighted by Crippen LogP contribution is 2.40. The summed E-state index contributed by atoms with van der Waals surface area (Å²) in [6.07, 6.45) is 1.47. The van der Waals surface area contributed by atoms with Crippen LogP contribution >= 0.6 is 0 Å². The molecular weight excluding hydrogens is 422 g/mol. The molecule has 7 heteroatoms. The van der Waals surface area contributed by atoms with Crippen molar-refractivity contribution in [1.29, 1.82) is 0 Å². The Kier molecular flexibility index (Phi) is 6.49. The highest BCUT2D eigenvalue weighted by Gasteiger charge is 2.47. The fourth-order valence-electron chi connectivity index (χ4n) is 3.90. The van der Waals surface area contributed by atoms with Gasteiger partial charge in [0.25, 0.3) is 11.7 Å². The zero-order valence-corrected chi connectivity index (χ0v) is 18.5. The number of rotatable bonds is 8. The smallest absolute Gasteiger partial charge is 0.296 e. The summed E-state index contributed by atoms with van der Waals surface area (Å²) in [6, 6.07) is 16.6. The molecule has 1 aliphatic rings. The first kappa shape index (κ1) is 22.2. The van der Waals surface area contributed by atoms with Crippen LogP contribution < -0.4 is 9.47 Å². The molecule has 170 valence electrons. The average Bonchev–Trinajstić information content (AvgIpc) is 3.43. The van der Waals surface area contributed by atoms with Crippen LogP contribution in [-0.2, 0) is 16.1 Å². The monoisotopic (exact) mass is 447 g/mol. The van der Waals surface area contributed by atoms with E-state index in [1.54, 1.807) is 36.4 Å². The van der Waals surface area contributed by atoms with Gasteiger partial charge in [-0.05, 0) is 55.8 Å². The van der Waals surface area contributed by atoms with Crippen molar-refractivity contribution in [2.24, 2.45) is 0 Å². The number of ketones is 1. The van der Waals surface area contributed by atoms with Gasteiger partial charge in [-0.2, -0.15) is 0 Å². The van der Waals surface area contributed by atoms with E-state index in [2.05, 4.69) is 0 Å². The molecule has 1 N–H and O–H groups in total. The zero-order chi connectivity index (χ0) is 23.4. The number of furan rings is 1. The Balaban J connectivity index is 1.74. The Morgan fingerprint density at radius 1 is 0.970 bits per heavy atom. The molecule has 1 amide bonds. The molecule has 1 aliphatic heterocycles. The SMILES string of the molecule is CCOc1ccc(CN2C(=O)C(=O)/C(=C(\O)c3cccc(OCC)c3)C2c2ccco2)cc1. The molecule has 1 saturated heterocycles. The molecule has 2 heterocycles. The topological polar surface area (TPSA) is 89.2 Å². The minimum absolute atomic E-state index is 0.0189. The summed E-state index contributed by atoms with van der Waals surface area (Å²) in [5, 5.41) is 11.1. The number of nitrogens with zero attached hydrogens (tertiary/aromatic N) is 1. The third-order valence-electron chi connectivity index (χ3n) is 5.36. The van der Waals surface area contributed by atoms with Crippen molar-refractivity contribution in [3.05, 3.63) is 89.4 Å². The minimum Gasteiger partial charge on any atom is -0.507 e. The highest BCUT2D eigenvalue weighted by atomic mass is 16.5. The minimum atomic E-state index is -0.859. The lowest BCUT2D eigenvalue weighted by Crippen LogP contribution is -2.29. The van der Waals surface area contributed by atoms with E-state index in [0.29, 0.717) is 30.3 Å². The molecule has 1 fully saturated rings. The lowest BCUT2D eigenvalue weighted by atomic mass is 9.99. The predicted octanol–water partition coefficient (Wildman–Crippen LogP) is 4.70. The van der Waals surface area contributed by atoms with E-state index >= 15 is 0 Å². The van der Waals surface area contributed by atoms with E-state index in [1.165, 1.54) is 11.2 Å². The Bertz CT molecular complexity index is 1160. The molecule has 0 saturated carbocycles. The summed E-state index contributed by atoms with van der Waals surface area (Å²) < 4.78 is 16.6. The molecule has 1 unspecified atom stereocenters. The molecule has 0 radical (unpaired) electrons. The lowest BCUT2D eigenvalue weighted by molar-refractivity contribution is -0.140. The van der Waals surface area contributed by atoms with Crippen molar-refractivity contribution >= 4 is 17.4 Å². The summed E-state index contributed by atoms with van der Waals surface area (Å²) in [6.45, 7) is 4.94. The fraction of sp³-hybridized carbons (Fsp3) is 0.231. The second kappa shape index (κ2) is 9.65. The van der Waals surface area contributed by atoms with Gasteiger partial charge in [0.1, 0.15) is 29.1 Å². The summed E-state index contributed by atoms with van der Waals surface area (Å²) in [5.41, 5.74) is 1.18. The molecule has 0 spiro atoms. The standard InChI is InChI=1S/C26H25NO6/c1-3-31-19-12-10-17(11-13-19)16-27-23(21-9-6-14-33-21)22(25(29)26(27)30)24(28)18-7-5-8-20(15-18)32-4-2/h5-15,23,28H,3-4,16H2,1-2H3/b24-22-. The molecule has 1 aromatic heterocycles. The third kappa shape index (κ3) is 4.48. The highest BCUT2D eigenvalue weighted by molar-refractivity contribution is 6.46. The van der Waals surface area contributed by atoms with Crippen LogP contribution in [0.5, 0.6) is 11.5 Å². The van der Waals surface area contributed by atoms with Crippen molar-refractivity contribution in [2.75, 3.05) is 13.2 Å². The molecule has 1 atom stereocenters. The van der Waals surface area contributed by atoms with Crippen molar-refractivity contribution < 1.29 is 28.6 Å². The predicted molar refractivity (Wildman–Crippen MR) is 122 cm³/mol. The first-order valence-electron chi connectivity index (χ1n) is 10.8. The lowest BCUT2D eigenvalue weighted by Gasteiger charge is -2.23. The summed E-state index contributed by atoms with van der Waals surface area (Å²) in [4.78, 5) is 27.5. The van der Waals surface area contributed by atoms with Gasteiger partial charge in [0.15, 0.2) is 0 Å². The van der Waals surface area contributed by atoms with Crippen molar-refractivity contribution in [1.82, 2.24) is 4.90 Å². The first-order valence-corrected chi connectivity index (χ1v) is 10.8. The van der Waals surface area contributed by atoms with Crippen molar-refractivity contribution in [3.63, 3.8) is 0 Å². The fourth-order valence-corrected chi connectivity index (χ4v) is 3.90. The molecule has 4 rings (SSSR count). The summed E-state index contributed by atoms with van der Waals surface area (Å²) in [7, 11) is 0. The molecular formula is C26H25NO6. The van der Waals surface area contributed by atoms with Gasteiger partial charge in [-0.1, -0.05) is 24.3 Å². The number of carbonyl (C=O) groups is 2. The Hall–Kier alpha value is -4.00. The van der Waals surface area contributed by atoms with Crippen molar-refractivity contribution in [2.45, 2.75) is 26.4 Å². The van der Waals surface area contributed by atoms with Crippen LogP contribution in [-0.4, -0.2) is 34.9 Å². The number of likely N-dealkylation sites (tertiary alicyclic amines) is 1. The number of aliphatic hydroxyl groups excluding tert-OH is 1. The third-order valence-corrected chi connectivity index (χ3v) is 5.36. The number of hydrogen-bond donors (Lipinski definition) is 1. The number of aliphatic hydroxyl groups is 1. The quantitative estimate of drug-likeness (QED) is 0.306. The number of Topliss-reactive ketones (excluding diaryl/α,β-unsaturated/α-hetero) is 1. The van der Waals surface area contributed by atoms with E-state index in [-0.39, 0.29) is 17.9 Å². The Labute approximate surface area is 191 Å². The normalized spacial score (nSPS) is 17.4. The van der Waals surface area contributed by atoms with Gasteiger partial charge in [0, 0.05) is 12.1 Å². The summed E-state index contributed by atoms with van der Waals surface area (Å²) in [5.74, 6) is -0.0672. The van der Waals surface area contributed by atoms with E-state index in [4.69, 9.17) is 13.9 Å². The van der Waals surface area contributed by atoms with E-state index < -0.39 is 17.7 Å². The van der Waals surface area contributed by atoms with Gasteiger partial charge in [-0.25, -0.2) is 0 Å².